The van der Waals surface area contributed by atoms with E-state index in [4.69, 9.17) is 9.84 Å². The Morgan fingerprint density at radius 1 is 1.37 bits per heavy atom. The molecular formula is C13H22N2O4. The number of nitrogens with one attached hydrogen (secondary N) is 2. The molecule has 0 aromatic heterocycles. The highest BCUT2D eigenvalue weighted by Crippen LogP contribution is 2.28. The van der Waals surface area contributed by atoms with Crippen molar-refractivity contribution >= 4 is 11.9 Å². The highest BCUT2D eigenvalue weighted by atomic mass is 16.5. The van der Waals surface area contributed by atoms with E-state index in [-0.39, 0.29) is 17.4 Å². The van der Waals surface area contributed by atoms with Gasteiger partial charge in [-0.3, -0.25) is 4.79 Å². The molecule has 2 aliphatic heterocycles. The highest BCUT2D eigenvalue weighted by Gasteiger charge is 2.36. The Labute approximate surface area is 112 Å². The fourth-order valence-electron chi connectivity index (χ4n) is 2.66. The van der Waals surface area contributed by atoms with Crippen LogP contribution < -0.4 is 10.6 Å². The van der Waals surface area contributed by atoms with Crippen LogP contribution in [0.25, 0.3) is 0 Å². The Kier molecular flexibility index (Phi) is 4.42. The summed E-state index contributed by atoms with van der Waals surface area (Å²) in [6.45, 7) is 4.13. The van der Waals surface area contributed by atoms with E-state index in [1.165, 1.54) is 0 Å². The fraction of sp³-hybridized carbons (Fsp3) is 0.846. The third kappa shape index (κ3) is 3.45. The Hall–Kier alpha value is -1.14. The van der Waals surface area contributed by atoms with Gasteiger partial charge in [0.2, 0.25) is 5.91 Å². The van der Waals surface area contributed by atoms with Gasteiger partial charge in [-0.25, -0.2) is 4.79 Å². The molecule has 0 saturated carbocycles. The summed E-state index contributed by atoms with van der Waals surface area (Å²) in [7, 11) is 0. The lowest BCUT2D eigenvalue weighted by atomic mass is 9.80. The molecule has 2 saturated heterocycles. The van der Waals surface area contributed by atoms with E-state index in [1.54, 1.807) is 0 Å². The Bertz CT molecular complexity index is 353. The number of hydrogen-bond acceptors (Lipinski definition) is 4. The summed E-state index contributed by atoms with van der Waals surface area (Å²) in [5.74, 6) is -0.865. The van der Waals surface area contributed by atoms with Crippen molar-refractivity contribution in [1.29, 1.82) is 0 Å². The number of carboxylic acids is 1. The van der Waals surface area contributed by atoms with Gasteiger partial charge in [-0.1, -0.05) is 6.92 Å². The molecule has 0 bridgehead atoms. The highest BCUT2D eigenvalue weighted by molar-refractivity contribution is 5.82. The van der Waals surface area contributed by atoms with Gasteiger partial charge in [-0.05, 0) is 38.8 Å². The van der Waals surface area contributed by atoms with Crippen molar-refractivity contribution in [3.05, 3.63) is 0 Å². The number of carbonyl (C=O) groups excluding carboxylic acids is 1. The summed E-state index contributed by atoms with van der Waals surface area (Å²) >= 11 is 0. The molecular weight excluding hydrogens is 248 g/mol. The Morgan fingerprint density at radius 3 is 2.63 bits per heavy atom. The smallest absolute Gasteiger partial charge is 0.332 e. The molecule has 1 amide bonds. The second kappa shape index (κ2) is 5.88. The van der Waals surface area contributed by atoms with Crippen LogP contribution in [0.3, 0.4) is 0 Å². The topological polar surface area (TPSA) is 87.7 Å². The first-order valence-electron chi connectivity index (χ1n) is 6.88. The average Bonchev–Trinajstić information content (AvgIpc) is 2.85. The van der Waals surface area contributed by atoms with Gasteiger partial charge < -0.3 is 20.5 Å². The van der Waals surface area contributed by atoms with Crippen LogP contribution in [0.2, 0.25) is 0 Å². The van der Waals surface area contributed by atoms with Crippen molar-refractivity contribution in [3.63, 3.8) is 0 Å². The van der Waals surface area contributed by atoms with Crippen molar-refractivity contribution in [1.82, 2.24) is 10.6 Å². The molecule has 0 aromatic carbocycles. The summed E-state index contributed by atoms with van der Waals surface area (Å²) in [4.78, 5) is 22.9. The van der Waals surface area contributed by atoms with Crippen molar-refractivity contribution in [3.8, 4) is 0 Å². The molecule has 6 heteroatoms. The summed E-state index contributed by atoms with van der Waals surface area (Å²) in [5.41, 5.74) is -0.309. The number of amides is 1. The lowest BCUT2D eigenvalue weighted by Gasteiger charge is -2.32. The molecule has 108 valence electrons. The molecule has 2 heterocycles. The lowest BCUT2D eigenvalue weighted by molar-refractivity contribution is -0.149. The minimum absolute atomic E-state index is 0.0522. The van der Waals surface area contributed by atoms with E-state index in [2.05, 4.69) is 10.6 Å². The lowest BCUT2D eigenvalue weighted by Crippen LogP contribution is -2.47. The van der Waals surface area contributed by atoms with Crippen LogP contribution in [0, 0.1) is 5.41 Å². The number of hydrogen-bond donors (Lipinski definition) is 3. The van der Waals surface area contributed by atoms with Crippen molar-refractivity contribution in [2.45, 2.75) is 44.8 Å². The molecule has 2 rings (SSSR count). The predicted molar refractivity (Wildman–Crippen MR) is 68.8 cm³/mol. The van der Waals surface area contributed by atoms with Gasteiger partial charge in [0.25, 0.3) is 0 Å². The molecule has 2 unspecified atom stereocenters. The van der Waals surface area contributed by atoms with E-state index in [1.807, 2.05) is 6.92 Å². The first-order chi connectivity index (χ1) is 9.01. The molecule has 2 aliphatic rings. The van der Waals surface area contributed by atoms with Gasteiger partial charge in [0.1, 0.15) is 0 Å². The SMILES string of the molecule is CC1(C(=O)NCC2CCC(C(=O)O)O2)CCNCC1. The number of aliphatic carboxylic acids is 1. The summed E-state index contributed by atoms with van der Waals surface area (Å²) in [6, 6.07) is 0. The van der Waals surface area contributed by atoms with Crippen LogP contribution >= 0.6 is 0 Å². The zero-order valence-electron chi connectivity index (χ0n) is 11.3. The Morgan fingerprint density at radius 2 is 2.05 bits per heavy atom. The van der Waals surface area contributed by atoms with E-state index >= 15 is 0 Å². The van der Waals surface area contributed by atoms with E-state index in [0.29, 0.717) is 19.4 Å². The van der Waals surface area contributed by atoms with Gasteiger partial charge in [-0.15, -0.1) is 0 Å². The van der Waals surface area contributed by atoms with Crippen LogP contribution in [0.15, 0.2) is 0 Å². The molecule has 0 radical (unpaired) electrons. The van der Waals surface area contributed by atoms with Crippen LogP contribution in [-0.2, 0) is 14.3 Å². The number of carbonyl (C=O) groups is 2. The maximum atomic E-state index is 12.2. The first-order valence-corrected chi connectivity index (χ1v) is 6.88. The fourth-order valence-corrected chi connectivity index (χ4v) is 2.66. The average molecular weight is 270 g/mol. The van der Waals surface area contributed by atoms with Gasteiger partial charge in [0.15, 0.2) is 6.10 Å². The van der Waals surface area contributed by atoms with Gasteiger partial charge in [0.05, 0.1) is 6.10 Å². The van der Waals surface area contributed by atoms with Crippen molar-refractivity contribution < 1.29 is 19.4 Å². The molecule has 0 spiro atoms. The van der Waals surface area contributed by atoms with Gasteiger partial charge >= 0.3 is 5.97 Å². The maximum absolute atomic E-state index is 12.2. The molecule has 3 N–H and O–H groups in total. The van der Waals surface area contributed by atoms with Crippen LogP contribution in [0.4, 0.5) is 0 Å². The minimum Gasteiger partial charge on any atom is -0.479 e. The number of carboxylic acid groups (broad SMARTS) is 1. The normalized spacial score (nSPS) is 29.9. The Balaban J connectivity index is 1.76. The molecule has 19 heavy (non-hydrogen) atoms. The molecule has 2 fully saturated rings. The molecule has 0 aliphatic carbocycles. The van der Waals surface area contributed by atoms with Crippen LogP contribution in [0.1, 0.15) is 32.6 Å². The molecule has 6 nitrogen and oxygen atoms in total. The number of ether oxygens (including phenoxy) is 1. The first kappa shape index (κ1) is 14.3. The number of rotatable bonds is 4. The second-order valence-corrected chi connectivity index (χ2v) is 5.68. The van der Waals surface area contributed by atoms with Gasteiger partial charge in [0, 0.05) is 12.0 Å². The number of piperidine rings is 1. The monoisotopic (exact) mass is 270 g/mol. The van der Waals surface area contributed by atoms with E-state index < -0.39 is 12.1 Å². The molecule has 0 aromatic rings. The quantitative estimate of drug-likeness (QED) is 0.675. The zero-order chi connectivity index (χ0) is 13.9. The van der Waals surface area contributed by atoms with Crippen molar-refractivity contribution in [2.24, 2.45) is 5.41 Å². The van der Waals surface area contributed by atoms with Gasteiger partial charge in [-0.2, -0.15) is 0 Å². The summed E-state index contributed by atoms with van der Waals surface area (Å²) in [6.07, 6.45) is 2.00. The maximum Gasteiger partial charge on any atom is 0.332 e. The third-order valence-electron chi connectivity index (χ3n) is 4.13. The standard InChI is InChI=1S/C13H22N2O4/c1-13(4-6-14-7-5-13)12(18)15-8-9-2-3-10(19-9)11(16)17/h9-10,14H,2-8H2,1H3,(H,15,18)(H,16,17). The largest absolute Gasteiger partial charge is 0.479 e. The predicted octanol–water partition coefficient (Wildman–Crippen LogP) is 0.125. The summed E-state index contributed by atoms with van der Waals surface area (Å²) < 4.78 is 5.37. The zero-order valence-corrected chi connectivity index (χ0v) is 11.3. The van der Waals surface area contributed by atoms with E-state index in [9.17, 15) is 9.59 Å². The van der Waals surface area contributed by atoms with E-state index in [0.717, 1.165) is 25.9 Å². The van der Waals surface area contributed by atoms with Crippen LogP contribution in [0.5, 0.6) is 0 Å². The molecule has 2 atom stereocenters. The third-order valence-corrected chi connectivity index (χ3v) is 4.13. The van der Waals surface area contributed by atoms with Crippen LogP contribution in [-0.4, -0.2) is 48.8 Å². The van der Waals surface area contributed by atoms with Crippen molar-refractivity contribution in [2.75, 3.05) is 19.6 Å². The second-order valence-electron chi connectivity index (χ2n) is 5.68. The summed E-state index contributed by atoms with van der Waals surface area (Å²) in [5, 5.41) is 15.0. The minimum atomic E-state index is -0.917.